The van der Waals surface area contributed by atoms with Crippen LogP contribution in [0.3, 0.4) is 0 Å². The monoisotopic (exact) mass is 458 g/mol. The molecule has 1 aliphatic rings. The van der Waals surface area contributed by atoms with Crippen LogP contribution in [0, 0.1) is 6.92 Å². The second-order valence-electron chi connectivity index (χ2n) is 8.47. The Kier molecular flexibility index (Phi) is 6.18. The highest BCUT2D eigenvalue weighted by molar-refractivity contribution is 6.14. The van der Waals surface area contributed by atoms with Gasteiger partial charge in [-0.05, 0) is 55.7 Å². The Morgan fingerprint density at radius 1 is 1.06 bits per heavy atom. The van der Waals surface area contributed by atoms with E-state index in [0.717, 1.165) is 18.4 Å². The molecule has 1 atom stereocenters. The molecule has 7 heteroatoms. The molecule has 1 unspecified atom stereocenters. The van der Waals surface area contributed by atoms with Crippen LogP contribution in [0.15, 0.2) is 75.8 Å². The van der Waals surface area contributed by atoms with Crippen LogP contribution in [-0.2, 0) is 11.3 Å². The first-order chi connectivity index (χ1) is 16.6. The van der Waals surface area contributed by atoms with Crippen LogP contribution in [-0.4, -0.2) is 36.0 Å². The molecule has 2 aromatic heterocycles. The van der Waals surface area contributed by atoms with Crippen LogP contribution in [0.1, 0.15) is 45.1 Å². The first kappa shape index (κ1) is 22.0. The Labute approximate surface area is 197 Å². The van der Waals surface area contributed by atoms with Crippen molar-refractivity contribution in [3.05, 3.63) is 89.6 Å². The quantitative estimate of drug-likeness (QED) is 0.400. The van der Waals surface area contributed by atoms with E-state index in [2.05, 4.69) is 5.32 Å². The molecule has 4 aromatic rings. The van der Waals surface area contributed by atoms with E-state index in [9.17, 15) is 9.59 Å². The lowest BCUT2D eigenvalue weighted by Crippen LogP contribution is -2.37. The standard InChI is InChI=1S/C27H26N2O5/c1-18-8-2-3-11-21(18)26(30)28-24-22-12-4-5-13-23(22)34-25(24)27(31)29(16-19-9-6-14-32-19)17-20-10-7-15-33-20/h2-6,8-9,11-14,20H,7,10,15-17H2,1H3,(H,28,30). The van der Waals surface area contributed by atoms with Crippen molar-refractivity contribution in [3.8, 4) is 0 Å². The highest BCUT2D eigenvalue weighted by Gasteiger charge is 2.30. The van der Waals surface area contributed by atoms with Gasteiger partial charge in [-0.3, -0.25) is 9.59 Å². The van der Waals surface area contributed by atoms with Crippen LogP contribution >= 0.6 is 0 Å². The molecule has 0 aliphatic carbocycles. The minimum atomic E-state index is -0.330. The smallest absolute Gasteiger partial charge is 0.292 e. The number of carbonyl (C=O) groups excluding carboxylic acids is 2. The van der Waals surface area contributed by atoms with E-state index in [0.29, 0.717) is 41.1 Å². The van der Waals surface area contributed by atoms with E-state index in [1.54, 1.807) is 29.4 Å². The molecule has 1 fully saturated rings. The van der Waals surface area contributed by atoms with E-state index in [-0.39, 0.29) is 30.2 Å². The molecular formula is C27H26N2O5. The Balaban J connectivity index is 1.51. The summed E-state index contributed by atoms with van der Waals surface area (Å²) in [5.74, 6) is 0.124. The molecule has 2 amide bonds. The van der Waals surface area contributed by atoms with Gasteiger partial charge < -0.3 is 23.8 Å². The number of para-hydroxylation sites is 1. The molecule has 1 N–H and O–H groups in total. The van der Waals surface area contributed by atoms with E-state index in [4.69, 9.17) is 13.6 Å². The van der Waals surface area contributed by atoms with Gasteiger partial charge >= 0.3 is 0 Å². The summed E-state index contributed by atoms with van der Waals surface area (Å²) >= 11 is 0. The third-order valence-corrected chi connectivity index (χ3v) is 6.08. The average Bonchev–Trinajstić information content (AvgIpc) is 3.61. The molecule has 7 nitrogen and oxygen atoms in total. The number of nitrogens with one attached hydrogen (secondary N) is 1. The van der Waals surface area contributed by atoms with Crippen molar-refractivity contribution in [1.82, 2.24) is 4.90 Å². The van der Waals surface area contributed by atoms with Crippen LogP contribution in [0.2, 0.25) is 0 Å². The zero-order valence-corrected chi connectivity index (χ0v) is 19.0. The summed E-state index contributed by atoms with van der Waals surface area (Å²) in [6.07, 6.45) is 3.39. The van der Waals surface area contributed by atoms with E-state index < -0.39 is 0 Å². The second kappa shape index (κ2) is 9.57. The fourth-order valence-corrected chi connectivity index (χ4v) is 4.32. The summed E-state index contributed by atoms with van der Waals surface area (Å²) in [7, 11) is 0. The highest BCUT2D eigenvalue weighted by Crippen LogP contribution is 2.33. The van der Waals surface area contributed by atoms with Gasteiger partial charge in [0.1, 0.15) is 17.0 Å². The Hall–Kier alpha value is -3.84. The molecule has 34 heavy (non-hydrogen) atoms. The summed E-state index contributed by atoms with van der Waals surface area (Å²) in [6, 6.07) is 18.2. The van der Waals surface area contributed by atoms with E-state index in [1.165, 1.54) is 0 Å². The highest BCUT2D eigenvalue weighted by atomic mass is 16.5. The average molecular weight is 459 g/mol. The number of carbonyl (C=O) groups is 2. The lowest BCUT2D eigenvalue weighted by atomic mass is 10.1. The molecule has 1 aliphatic heterocycles. The maximum atomic E-state index is 13.8. The summed E-state index contributed by atoms with van der Waals surface area (Å²) < 4.78 is 17.3. The Morgan fingerprint density at radius 2 is 1.88 bits per heavy atom. The Morgan fingerprint density at radius 3 is 2.65 bits per heavy atom. The zero-order valence-electron chi connectivity index (χ0n) is 19.0. The second-order valence-corrected chi connectivity index (χ2v) is 8.47. The lowest BCUT2D eigenvalue weighted by Gasteiger charge is -2.24. The molecule has 0 bridgehead atoms. The number of rotatable bonds is 7. The van der Waals surface area contributed by atoms with Crippen molar-refractivity contribution < 1.29 is 23.2 Å². The summed E-state index contributed by atoms with van der Waals surface area (Å²) in [6.45, 7) is 3.24. The minimum Gasteiger partial charge on any atom is -0.467 e. The van der Waals surface area contributed by atoms with Crippen molar-refractivity contribution in [2.45, 2.75) is 32.4 Å². The molecule has 1 saturated heterocycles. The van der Waals surface area contributed by atoms with Gasteiger partial charge in [-0.2, -0.15) is 0 Å². The van der Waals surface area contributed by atoms with Crippen molar-refractivity contribution in [3.63, 3.8) is 0 Å². The van der Waals surface area contributed by atoms with Gasteiger partial charge in [-0.15, -0.1) is 0 Å². The summed E-state index contributed by atoms with van der Waals surface area (Å²) in [4.78, 5) is 28.6. The van der Waals surface area contributed by atoms with Gasteiger partial charge in [0, 0.05) is 24.1 Å². The number of amides is 2. The summed E-state index contributed by atoms with van der Waals surface area (Å²) in [5, 5.41) is 3.61. The number of anilines is 1. The molecule has 2 aromatic carbocycles. The van der Waals surface area contributed by atoms with Crippen molar-refractivity contribution >= 4 is 28.5 Å². The van der Waals surface area contributed by atoms with Gasteiger partial charge in [0.05, 0.1) is 18.9 Å². The summed E-state index contributed by atoms with van der Waals surface area (Å²) in [5.41, 5.74) is 2.28. The van der Waals surface area contributed by atoms with Gasteiger partial charge in [0.25, 0.3) is 11.8 Å². The topological polar surface area (TPSA) is 84.9 Å². The largest absolute Gasteiger partial charge is 0.467 e. The number of benzene rings is 2. The van der Waals surface area contributed by atoms with Crippen LogP contribution < -0.4 is 5.32 Å². The number of hydrogen-bond donors (Lipinski definition) is 1. The predicted molar refractivity (Wildman–Crippen MR) is 128 cm³/mol. The third kappa shape index (κ3) is 4.47. The molecule has 0 spiro atoms. The van der Waals surface area contributed by atoms with Crippen molar-refractivity contribution in [1.29, 1.82) is 0 Å². The van der Waals surface area contributed by atoms with Crippen LogP contribution in [0.25, 0.3) is 11.0 Å². The number of furan rings is 2. The molecule has 0 radical (unpaired) electrons. The first-order valence-electron chi connectivity index (χ1n) is 11.4. The Bertz CT molecular complexity index is 1300. The van der Waals surface area contributed by atoms with Gasteiger partial charge in [-0.25, -0.2) is 0 Å². The van der Waals surface area contributed by atoms with Gasteiger partial charge in [-0.1, -0.05) is 30.3 Å². The van der Waals surface area contributed by atoms with Crippen molar-refractivity contribution in [2.75, 3.05) is 18.5 Å². The number of aryl methyl sites for hydroxylation is 1. The predicted octanol–water partition coefficient (Wildman–Crippen LogP) is 5.41. The molecule has 3 heterocycles. The van der Waals surface area contributed by atoms with E-state index in [1.807, 2.05) is 49.4 Å². The number of nitrogens with zero attached hydrogens (tertiary/aromatic N) is 1. The van der Waals surface area contributed by atoms with Gasteiger partial charge in [0.15, 0.2) is 0 Å². The maximum absolute atomic E-state index is 13.8. The fraction of sp³-hybridized carbons (Fsp3) is 0.259. The number of hydrogen-bond acceptors (Lipinski definition) is 5. The lowest BCUT2D eigenvalue weighted by molar-refractivity contribution is 0.0471. The first-order valence-corrected chi connectivity index (χ1v) is 11.4. The molecular weight excluding hydrogens is 432 g/mol. The minimum absolute atomic E-state index is 0.0479. The fourth-order valence-electron chi connectivity index (χ4n) is 4.32. The number of fused-ring (bicyclic) bond motifs is 1. The van der Waals surface area contributed by atoms with Gasteiger partial charge in [0.2, 0.25) is 5.76 Å². The molecule has 5 rings (SSSR count). The van der Waals surface area contributed by atoms with Crippen LogP contribution in [0.4, 0.5) is 5.69 Å². The molecule has 0 saturated carbocycles. The number of ether oxygens (including phenoxy) is 1. The zero-order chi connectivity index (χ0) is 23.5. The van der Waals surface area contributed by atoms with E-state index >= 15 is 0 Å². The third-order valence-electron chi connectivity index (χ3n) is 6.08. The SMILES string of the molecule is Cc1ccccc1C(=O)Nc1c(C(=O)N(Cc2ccco2)CC2CCCO2)oc2ccccc12. The normalized spacial score (nSPS) is 15.5. The molecule has 174 valence electrons. The van der Waals surface area contributed by atoms with Crippen molar-refractivity contribution in [2.24, 2.45) is 0 Å². The maximum Gasteiger partial charge on any atom is 0.292 e. The van der Waals surface area contributed by atoms with Crippen LogP contribution in [0.5, 0.6) is 0 Å².